The Kier molecular flexibility index (Phi) is 6.83. The highest BCUT2D eigenvalue weighted by Crippen LogP contribution is 2.18. The van der Waals surface area contributed by atoms with E-state index in [1.165, 1.54) is 0 Å². The summed E-state index contributed by atoms with van der Waals surface area (Å²) in [6, 6.07) is 7.76. The maximum atomic E-state index is 12.0. The van der Waals surface area contributed by atoms with Crippen LogP contribution in [0.15, 0.2) is 29.2 Å². The Hall–Kier alpha value is -1.00. The first kappa shape index (κ1) is 15.1. The number of hydrogen-bond donors (Lipinski definition) is 2. The fourth-order valence-electron chi connectivity index (χ4n) is 1.67. The van der Waals surface area contributed by atoms with Crippen LogP contribution < -0.4 is 5.32 Å². The highest BCUT2D eigenvalue weighted by Gasteiger charge is 2.09. The minimum absolute atomic E-state index is 0.0426. The fourth-order valence-corrected chi connectivity index (χ4v) is 2.39. The molecule has 100 valence electrons. The zero-order valence-corrected chi connectivity index (χ0v) is 11.8. The maximum Gasteiger partial charge on any atom is 0.251 e. The average molecular weight is 267 g/mol. The predicted molar refractivity (Wildman–Crippen MR) is 76.1 cm³/mol. The van der Waals surface area contributed by atoms with E-state index in [0.717, 1.165) is 17.1 Å². The molecule has 3 nitrogen and oxygen atoms in total. The normalized spacial score (nSPS) is 12.2. The summed E-state index contributed by atoms with van der Waals surface area (Å²) < 4.78 is 0. The predicted octanol–water partition coefficient (Wildman–Crippen LogP) is 2.69. The second kappa shape index (κ2) is 8.16. The molecule has 1 unspecified atom stereocenters. The van der Waals surface area contributed by atoms with Crippen LogP contribution in [0.2, 0.25) is 0 Å². The third kappa shape index (κ3) is 5.10. The summed E-state index contributed by atoms with van der Waals surface area (Å²) in [5.41, 5.74) is 0.698. The van der Waals surface area contributed by atoms with Crippen LogP contribution >= 0.6 is 11.8 Å². The van der Waals surface area contributed by atoms with E-state index < -0.39 is 0 Å². The second-order valence-corrected chi connectivity index (χ2v) is 5.54. The average Bonchev–Trinajstić information content (AvgIpc) is 2.37. The first-order valence-corrected chi connectivity index (χ1v) is 7.30. The van der Waals surface area contributed by atoms with Crippen LogP contribution in [0, 0.1) is 0 Å². The Balaban J connectivity index is 2.57. The molecule has 0 bridgehead atoms. The van der Waals surface area contributed by atoms with Crippen LogP contribution in [-0.4, -0.2) is 29.4 Å². The van der Waals surface area contributed by atoms with Gasteiger partial charge in [0.25, 0.3) is 5.91 Å². The van der Waals surface area contributed by atoms with Crippen molar-refractivity contribution in [3.8, 4) is 0 Å². The number of carbonyl (C=O) groups is 1. The van der Waals surface area contributed by atoms with Crippen LogP contribution in [0.5, 0.6) is 0 Å². The van der Waals surface area contributed by atoms with Crippen LogP contribution in [0.3, 0.4) is 0 Å². The zero-order chi connectivity index (χ0) is 13.4. The molecule has 0 saturated heterocycles. The smallest absolute Gasteiger partial charge is 0.251 e. The van der Waals surface area contributed by atoms with Gasteiger partial charge in [0.15, 0.2) is 0 Å². The van der Waals surface area contributed by atoms with Gasteiger partial charge >= 0.3 is 0 Å². The van der Waals surface area contributed by atoms with E-state index in [2.05, 4.69) is 12.2 Å². The summed E-state index contributed by atoms with van der Waals surface area (Å²) in [4.78, 5) is 13.1. The van der Waals surface area contributed by atoms with Gasteiger partial charge in [-0.25, -0.2) is 0 Å². The molecule has 0 spiro atoms. The molecule has 1 aromatic carbocycles. The van der Waals surface area contributed by atoms with Crippen molar-refractivity contribution in [1.29, 1.82) is 0 Å². The molecule has 1 rings (SSSR count). The number of aliphatic hydroxyl groups excluding tert-OH is 1. The Morgan fingerprint density at radius 3 is 2.94 bits per heavy atom. The van der Waals surface area contributed by atoms with E-state index in [1.54, 1.807) is 11.8 Å². The van der Waals surface area contributed by atoms with Crippen molar-refractivity contribution in [3.63, 3.8) is 0 Å². The third-order valence-corrected chi connectivity index (χ3v) is 3.46. The summed E-state index contributed by atoms with van der Waals surface area (Å²) in [5.74, 6) is 0.955. The highest BCUT2D eigenvalue weighted by atomic mass is 32.2. The van der Waals surface area contributed by atoms with Crippen LogP contribution in [0.1, 0.15) is 37.0 Å². The topological polar surface area (TPSA) is 49.3 Å². The number of benzene rings is 1. The molecule has 18 heavy (non-hydrogen) atoms. The molecule has 0 radical (unpaired) electrons. The van der Waals surface area contributed by atoms with E-state index in [1.807, 2.05) is 31.2 Å². The van der Waals surface area contributed by atoms with E-state index in [0.29, 0.717) is 12.0 Å². The summed E-state index contributed by atoms with van der Waals surface area (Å²) in [7, 11) is 0. The summed E-state index contributed by atoms with van der Waals surface area (Å²) in [6.07, 6.45) is 1.51. The van der Waals surface area contributed by atoms with Gasteiger partial charge in [-0.3, -0.25) is 4.79 Å². The molecule has 1 atom stereocenters. The molecule has 0 aliphatic carbocycles. The zero-order valence-electron chi connectivity index (χ0n) is 11.0. The standard InChI is InChI=1S/C14H21NO2S/c1-3-18-13-8-4-7-12(10-13)14(17)15-11(2)6-5-9-16/h4,7-8,10-11,16H,3,5-6,9H2,1-2H3,(H,15,17). The minimum Gasteiger partial charge on any atom is -0.396 e. The van der Waals surface area contributed by atoms with Crippen LogP contribution in [0.25, 0.3) is 0 Å². The fraction of sp³-hybridized carbons (Fsp3) is 0.500. The molecule has 2 N–H and O–H groups in total. The molecule has 0 aromatic heterocycles. The summed E-state index contributed by atoms with van der Waals surface area (Å²) in [6.45, 7) is 4.22. The molecular formula is C14H21NO2S. The molecule has 4 heteroatoms. The van der Waals surface area contributed by atoms with Gasteiger partial charge in [-0.2, -0.15) is 0 Å². The monoisotopic (exact) mass is 267 g/mol. The van der Waals surface area contributed by atoms with E-state index in [-0.39, 0.29) is 18.6 Å². The third-order valence-electron chi connectivity index (χ3n) is 2.58. The van der Waals surface area contributed by atoms with Gasteiger partial charge in [-0.05, 0) is 43.7 Å². The molecule has 0 fully saturated rings. The Labute approximate surface area is 113 Å². The van der Waals surface area contributed by atoms with Gasteiger partial charge in [0.2, 0.25) is 0 Å². The van der Waals surface area contributed by atoms with Gasteiger partial charge in [-0.1, -0.05) is 13.0 Å². The molecule has 0 saturated carbocycles. The van der Waals surface area contributed by atoms with Crippen molar-refractivity contribution in [2.24, 2.45) is 0 Å². The maximum absolute atomic E-state index is 12.0. The lowest BCUT2D eigenvalue weighted by Crippen LogP contribution is -2.32. The molecular weight excluding hydrogens is 246 g/mol. The lowest BCUT2D eigenvalue weighted by Gasteiger charge is -2.13. The lowest BCUT2D eigenvalue weighted by atomic mass is 10.1. The van der Waals surface area contributed by atoms with Gasteiger partial charge in [0.05, 0.1) is 0 Å². The van der Waals surface area contributed by atoms with Gasteiger partial charge in [0, 0.05) is 23.1 Å². The lowest BCUT2D eigenvalue weighted by molar-refractivity contribution is 0.0936. The van der Waals surface area contributed by atoms with Crippen molar-refractivity contribution in [2.45, 2.75) is 37.6 Å². The Bertz CT molecular complexity index is 382. The van der Waals surface area contributed by atoms with Gasteiger partial charge in [0.1, 0.15) is 0 Å². The largest absolute Gasteiger partial charge is 0.396 e. The highest BCUT2D eigenvalue weighted by molar-refractivity contribution is 7.99. The van der Waals surface area contributed by atoms with E-state index in [9.17, 15) is 4.79 Å². The Morgan fingerprint density at radius 2 is 2.28 bits per heavy atom. The second-order valence-electron chi connectivity index (χ2n) is 4.20. The molecule has 0 heterocycles. The number of hydrogen-bond acceptors (Lipinski definition) is 3. The molecule has 0 aliphatic heterocycles. The van der Waals surface area contributed by atoms with Crippen LogP contribution in [-0.2, 0) is 0 Å². The minimum atomic E-state index is -0.0426. The number of thioether (sulfide) groups is 1. The van der Waals surface area contributed by atoms with Crippen molar-refractivity contribution in [1.82, 2.24) is 5.32 Å². The van der Waals surface area contributed by atoms with Crippen molar-refractivity contribution in [2.75, 3.05) is 12.4 Å². The number of rotatable bonds is 7. The van der Waals surface area contributed by atoms with E-state index >= 15 is 0 Å². The number of amides is 1. The number of carbonyl (C=O) groups excluding carboxylic acids is 1. The molecule has 1 amide bonds. The summed E-state index contributed by atoms with van der Waals surface area (Å²) >= 11 is 1.73. The van der Waals surface area contributed by atoms with Crippen molar-refractivity contribution < 1.29 is 9.90 Å². The SMILES string of the molecule is CCSc1cccc(C(=O)NC(C)CCCO)c1. The van der Waals surface area contributed by atoms with Crippen LogP contribution in [0.4, 0.5) is 0 Å². The van der Waals surface area contributed by atoms with Gasteiger partial charge < -0.3 is 10.4 Å². The van der Waals surface area contributed by atoms with Crippen molar-refractivity contribution in [3.05, 3.63) is 29.8 Å². The Morgan fingerprint density at radius 1 is 1.50 bits per heavy atom. The number of nitrogens with one attached hydrogen (secondary N) is 1. The molecule has 0 aliphatic rings. The first-order chi connectivity index (χ1) is 8.67. The van der Waals surface area contributed by atoms with Gasteiger partial charge in [-0.15, -0.1) is 11.8 Å². The van der Waals surface area contributed by atoms with E-state index in [4.69, 9.17) is 5.11 Å². The molecule has 1 aromatic rings. The quantitative estimate of drug-likeness (QED) is 0.747. The summed E-state index contributed by atoms with van der Waals surface area (Å²) in [5, 5.41) is 11.7. The first-order valence-electron chi connectivity index (χ1n) is 6.32. The number of aliphatic hydroxyl groups is 1. The van der Waals surface area contributed by atoms with Crippen molar-refractivity contribution >= 4 is 17.7 Å².